The highest BCUT2D eigenvalue weighted by Gasteiger charge is 2.22. The highest BCUT2D eigenvalue weighted by Crippen LogP contribution is 2.26. The van der Waals surface area contributed by atoms with Crippen molar-refractivity contribution in [3.05, 3.63) is 16.1 Å². The van der Waals surface area contributed by atoms with E-state index in [0.29, 0.717) is 24.7 Å². The van der Waals surface area contributed by atoms with Crippen LogP contribution in [0.3, 0.4) is 0 Å². The molecule has 1 aliphatic rings. The second-order valence-electron chi connectivity index (χ2n) is 5.01. The Morgan fingerprint density at radius 2 is 2.26 bits per heavy atom. The number of aliphatic hydroxyl groups excluding tert-OH is 1. The Balaban J connectivity index is 1.79. The fourth-order valence-electron chi connectivity index (χ4n) is 2.48. The van der Waals surface area contributed by atoms with E-state index in [2.05, 4.69) is 10.3 Å². The number of hydrogen-bond donors (Lipinski definition) is 3. The Kier molecular flexibility index (Phi) is 5.30. The minimum atomic E-state index is -0.447. The maximum atomic E-state index is 11.8. The van der Waals surface area contributed by atoms with Crippen molar-refractivity contribution in [1.29, 1.82) is 0 Å². The van der Waals surface area contributed by atoms with E-state index in [1.165, 1.54) is 30.6 Å². The number of thiazole rings is 1. The van der Waals surface area contributed by atoms with Crippen LogP contribution < -0.4 is 11.1 Å². The van der Waals surface area contributed by atoms with Crippen molar-refractivity contribution in [3.63, 3.8) is 0 Å². The summed E-state index contributed by atoms with van der Waals surface area (Å²) >= 11 is 1.38. The molecule has 1 aromatic rings. The van der Waals surface area contributed by atoms with E-state index < -0.39 is 6.10 Å². The van der Waals surface area contributed by atoms with Gasteiger partial charge >= 0.3 is 0 Å². The van der Waals surface area contributed by atoms with E-state index in [1.54, 1.807) is 5.38 Å². The lowest BCUT2D eigenvalue weighted by molar-refractivity contribution is 0.0736. The zero-order chi connectivity index (χ0) is 13.7. The molecule has 1 saturated carbocycles. The lowest BCUT2D eigenvalue weighted by Gasteiger charge is -2.26. The molecule has 0 aromatic carbocycles. The van der Waals surface area contributed by atoms with Crippen molar-refractivity contribution in [1.82, 2.24) is 10.3 Å². The van der Waals surface area contributed by atoms with Crippen molar-refractivity contribution in [2.45, 2.75) is 44.8 Å². The Morgan fingerprint density at radius 1 is 1.53 bits per heavy atom. The molecule has 2 rings (SSSR count). The van der Waals surface area contributed by atoms with E-state index in [4.69, 9.17) is 5.73 Å². The monoisotopic (exact) mass is 283 g/mol. The molecule has 0 aliphatic heterocycles. The molecule has 19 heavy (non-hydrogen) atoms. The summed E-state index contributed by atoms with van der Waals surface area (Å²) in [4.78, 5) is 16.0. The predicted octanol–water partition coefficient (Wildman–Crippen LogP) is 1.27. The zero-order valence-electron chi connectivity index (χ0n) is 11.0. The molecule has 1 aromatic heterocycles. The van der Waals surface area contributed by atoms with Crippen LogP contribution in [0.25, 0.3) is 0 Å². The number of amides is 1. The van der Waals surface area contributed by atoms with Crippen molar-refractivity contribution >= 4 is 17.2 Å². The second-order valence-corrected chi connectivity index (χ2v) is 5.95. The van der Waals surface area contributed by atoms with Gasteiger partial charge in [-0.15, -0.1) is 11.3 Å². The first-order chi connectivity index (χ1) is 9.20. The van der Waals surface area contributed by atoms with E-state index in [1.807, 2.05) is 0 Å². The largest absolute Gasteiger partial charge is 0.391 e. The van der Waals surface area contributed by atoms with Crippen LogP contribution in [0, 0.1) is 5.92 Å². The molecule has 5 nitrogen and oxygen atoms in total. The molecule has 106 valence electrons. The third-order valence-corrected chi connectivity index (χ3v) is 4.50. The van der Waals surface area contributed by atoms with Gasteiger partial charge in [-0.2, -0.15) is 0 Å². The van der Waals surface area contributed by atoms with Gasteiger partial charge in [0.15, 0.2) is 0 Å². The molecule has 1 aliphatic carbocycles. The van der Waals surface area contributed by atoms with Gasteiger partial charge in [0.2, 0.25) is 0 Å². The maximum absolute atomic E-state index is 11.8. The predicted molar refractivity (Wildman–Crippen MR) is 74.9 cm³/mol. The van der Waals surface area contributed by atoms with Crippen LogP contribution in [0.2, 0.25) is 0 Å². The number of carbonyl (C=O) groups excluding carboxylic acids is 1. The molecule has 0 saturated heterocycles. The summed E-state index contributed by atoms with van der Waals surface area (Å²) in [5, 5.41) is 15.3. The highest BCUT2D eigenvalue weighted by molar-refractivity contribution is 7.09. The van der Waals surface area contributed by atoms with Crippen LogP contribution in [0.4, 0.5) is 0 Å². The van der Waals surface area contributed by atoms with Crippen molar-refractivity contribution in [3.8, 4) is 0 Å². The molecule has 0 bridgehead atoms. The van der Waals surface area contributed by atoms with Gasteiger partial charge in [0.25, 0.3) is 5.91 Å². The first-order valence-electron chi connectivity index (χ1n) is 6.81. The molecule has 1 atom stereocenters. The number of nitrogens with one attached hydrogen (secondary N) is 1. The lowest BCUT2D eigenvalue weighted by Crippen LogP contribution is -2.37. The third-order valence-electron chi connectivity index (χ3n) is 3.62. The van der Waals surface area contributed by atoms with Crippen molar-refractivity contribution in [2.75, 3.05) is 6.54 Å². The number of rotatable bonds is 5. The number of carbonyl (C=O) groups is 1. The average Bonchev–Trinajstić information content (AvgIpc) is 2.94. The molecule has 1 unspecified atom stereocenters. The van der Waals surface area contributed by atoms with Crippen LogP contribution in [0.1, 0.15) is 47.6 Å². The van der Waals surface area contributed by atoms with Gasteiger partial charge in [-0.3, -0.25) is 4.79 Å². The molecular weight excluding hydrogens is 262 g/mol. The van der Waals surface area contributed by atoms with E-state index in [-0.39, 0.29) is 5.91 Å². The van der Waals surface area contributed by atoms with E-state index >= 15 is 0 Å². The fourth-order valence-corrected chi connectivity index (χ4v) is 3.14. The van der Waals surface area contributed by atoms with Gasteiger partial charge in [-0.1, -0.05) is 19.3 Å². The molecule has 6 heteroatoms. The quantitative estimate of drug-likeness (QED) is 0.759. The Hall–Kier alpha value is -0.980. The van der Waals surface area contributed by atoms with Gasteiger partial charge in [0.05, 0.1) is 6.10 Å². The van der Waals surface area contributed by atoms with Gasteiger partial charge in [0.1, 0.15) is 10.7 Å². The third kappa shape index (κ3) is 3.99. The minimum absolute atomic E-state index is 0.231. The van der Waals surface area contributed by atoms with Crippen molar-refractivity contribution < 1.29 is 9.90 Å². The Bertz CT molecular complexity index is 416. The van der Waals surface area contributed by atoms with Crippen LogP contribution >= 0.6 is 11.3 Å². The zero-order valence-corrected chi connectivity index (χ0v) is 11.8. The van der Waals surface area contributed by atoms with E-state index in [0.717, 1.165) is 17.8 Å². The van der Waals surface area contributed by atoms with Crippen molar-refractivity contribution in [2.24, 2.45) is 11.7 Å². The number of nitrogens with zero attached hydrogens (tertiary/aromatic N) is 1. The highest BCUT2D eigenvalue weighted by atomic mass is 32.1. The lowest BCUT2D eigenvalue weighted by atomic mass is 9.85. The first-order valence-corrected chi connectivity index (χ1v) is 7.69. The molecule has 1 heterocycles. The Morgan fingerprint density at radius 3 is 2.89 bits per heavy atom. The standard InChI is InChI=1S/C13H21N3O2S/c14-6-12-16-10(8-19-12)13(18)15-7-11(17)9-4-2-1-3-5-9/h8-9,11,17H,1-7,14H2,(H,15,18). The van der Waals surface area contributed by atoms with Crippen LogP contribution in [-0.4, -0.2) is 28.6 Å². The summed E-state index contributed by atoms with van der Waals surface area (Å²) < 4.78 is 0. The van der Waals surface area contributed by atoms with Crippen LogP contribution in [0.15, 0.2) is 5.38 Å². The Labute approximate surface area is 117 Å². The summed E-state index contributed by atoms with van der Waals surface area (Å²) in [6, 6.07) is 0. The smallest absolute Gasteiger partial charge is 0.270 e. The molecule has 0 radical (unpaired) electrons. The van der Waals surface area contributed by atoms with E-state index in [9.17, 15) is 9.90 Å². The molecular formula is C13H21N3O2S. The SMILES string of the molecule is NCc1nc(C(=O)NCC(O)C2CCCCC2)cs1. The number of hydrogen-bond acceptors (Lipinski definition) is 5. The fraction of sp³-hybridized carbons (Fsp3) is 0.692. The number of nitrogens with two attached hydrogens (primary N) is 1. The van der Waals surface area contributed by atoms with Gasteiger partial charge in [-0.05, 0) is 18.8 Å². The van der Waals surface area contributed by atoms with Crippen LogP contribution in [0.5, 0.6) is 0 Å². The summed E-state index contributed by atoms with van der Waals surface area (Å²) in [6.45, 7) is 0.654. The number of aliphatic hydroxyl groups is 1. The van der Waals surface area contributed by atoms with Crippen LogP contribution in [-0.2, 0) is 6.54 Å². The van der Waals surface area contributed by atoms with Gasteiger partial charge in [0, 0.05) is 18.5 Å². The first kappa shape index (κ1) is 14.4. The summed E-state index contributed by atoms with van der Waals surface area (Å²) in [6.07, 6.45) is 5.30. The molecule has 4 N–H and O–H groups in total. The normalized spacial score (nSPS) is 18.2. The maximum Gasteiger partial charge on any atom is 0.270 e. The summed E-state index contributed by atoms with van der Waals surface area (Å²) in [5.41, 5.74) is 5.85. The van der Waals surface area contributed by atoms with Gasteiger partial charge < -0.3 is 16.2 Å². The number of aromatic nitrogens is 1. The second kappa shape index (κ2) is 6.98. The summed E-state index contributed by atoms with van der Waals surface area (Å²) in [7, 11) is 0. The topological polar surface area (TPSA) is 88.2 Å². The average molecular weight is 283 g/mol. The minimum Gasteiger partial charge on any atom is -0.391 e. The summed E-state index contributed by atoms with van der Waals surface area (Å²) in [5.74, 6) is 0.0925. The molecule has 0 spiro atoms. The van der Waals surface area contributed by atoms with Gasteiger partial charge in [-0.25, -0.2) is 4.98 Å². The molecule has 1 fully saturated rings. The molecule has 1 amide bonds.